The van der Waals surface area contributed by atoms with Gasteiger partial charge in [-0.05, 0) is 48.4 Å². The number of hydrogen-bond acceptors (Lipinski definition) is 4. The summed E-state index contributed by atoms with van der Waals surface area (Å²) in [5, 5.41) is 0.238. The lowest BCUT2D eigenvalue weighted by Crippen LogP contribution is -2.32. The summed E-state index contributed by atoms with van der Waals surface area (Å²) in [4.78, 5) is 27.4. The molecule has 0 aliphatic carbocycles. The summed E-state index contributed by atoms with van der Waals surface area (Å²) >= 11 is 1.07. The molecule has 0 bridgehead atoms. The standard InChI is InChI=1S/C29H20F5NO3S/c1-14-17(12-18-19(30)8-5-9-20(18)31)29-35(28(37)24(14)15-6-4-11-23(38-2)26(15)34)22(13-39-29)27(36)16-7-3-10-21(32)25(16)33/h3-11,22H,12-13H2,1-2H3. The minimum absolute atomic E-state index is 0.0275. The molecule has 0 fully saturated rings. The van der Waals surface area contributed by atoms with Crippen molar-refractivity contribution in [2.45, 2.75) is 24.4 Å². The molecule has 1 unspecified atom stereocenters. The lowest BCUT2D eigenvalue weighted by molar-refractivity contribution is 0.0929. The van der Waals surface area contributed by atoms with Crippen LogP contribution in [0.2, 0.25) is 0 Å². The molecular formula is C29H20F5NO3S. The molecule has 0 radical (unpaired) electrons. The van der Waals surface area contributed by atoms with E-state index in [4.69, 9.17) is 4.74 Å². The third-order valence-electron chi connectivity index (χ3n) is 6.81. The van der Waals surface area contributed by atoms with E-state index < -0.39 is 52.0 Å². The van der Waals surface area contributed by atoms with Crippen molar-refractivity contribution < 1.29 is 31.5 Å². The third kappa shape index (κ3) is 4.42. The summed E-state index contributed by atoms with van der Waals surface area (Å²) in [5.74, 6) is -6.07. The van der Waals surface area contributed by atoms with E-state index in [2.05, 4.69) is 0 Å². The Morgan fingerprint density at radius 3 is 2.26 bits per heavy atom. The molecular weight excluding hydrogens is 537 g/mol. The van der Waals surface area contributed by atoms with E-state index in [1.807, 2.05) is 0 Å². The van der Waals surface area contributed by atoms with Gasteiger partial charge in [-0.25, -0.2) is 22.0 Å². The van der Waals surface area contributed by atoms with Gasteiger partial charge in [0.15, 0.2) is 29.0 Å². The van der Waals surface area contributed by atoms with Crippen molar-refractivity contribution in [3.63, 3.8) is 0 Å². The fourth-order valence-corrected chi connectivity index (χ4v) is 6.20. The maximum Gasteiger partial charge on any atom is 0.260 e. The van der Waals surface area contributed by atoms with Crippen molar-refractivity contribution in [1.82, 2.24) is 4.57 Å². The Hall–Kier alpha value is -3.92. The number of nitrogens with zero attached hydrogens (tertiary/aromatic N) is 1. The molecule has 0 amide bonds. The van der Waals surface area contributed by atoms with Crippen LogP contribution in [0.15, 0.2) is 64.4 Å². The first-order chi connectivity index (χ1) is 18.6. The van der Waals surface area contributed by atoms with Crippen LogP contribution in [-0.4, -0.2) is 23.2 Å². The summed E-state index contributed by atoms with van der Waals surface area (Å²) in [7, 11) is 1.26. The molecule has 1 atom stereocenters. The number of benzene rings is 3. The number of carbonyl (C=O) groups is 1. The van der Waals surface area contributed by atoms with Crippen LogP contribution in [0.25, 0.3) is 11.1 Å². The van der Waals surface area contributed by atoms with Crippen molar-refractivity contribution in [2.75, 3.05) is 12.9 Å². The molecule has 1 aromatic heterocycles. The number of thioether (sulfide) groups is 1. The van der Waals surface area contributed by atoms with E-state index in [-0.39, 0.29) is 45.2 Å². The average molecular weight is 558 g/mol. The first-order valence-electron chi connectivity index (χ1n) is 11.8. The maximum atomic E-state index is 15.4. The minimum atomic E-state index is -1.35. The average Bonchev–Trinajstić information content (AvgIpc) is 3.35. The van der Waals surface area contributed by atoms with Gasteiger partial charge < -0.3 is 4.74 Å². The Morgan fingerprint density at radius 2 is 1.56 bits per heavy atom. The number of ether oxygens (including phenoxy) is 1. The monoisotopic (exact) mass is 557 g/mol. The largest absolute Gasteiger partial charge is 0.494 e. The number of fused-ring (bicyclic) bond motifs is 1. The van der Waals surface area contributed by atoms with Gasteiger partial charge in [0.1, 0.15) is 17.7 Å². The second-order valence-corrected chi connectivity index (χ2v) is 9.96. The SMILES string of the molecule is COc1cccc(-c2c(C)c(Cc3c(F)cccc3F)c3n(c2=O)C(C(=O)c2cccc(F)c2F)CS3)c1F. The molecule has 1 aliphatic rings. The molecule has 2 heterocycles. The highest BCUT2D eigenvalue weighted by Crippen LogP contribution is 2.42. The number of carbonyl (C=O) groups excluding carboxylic acids is 1. The van der Waals surface area contributed by atoms with E-state index in [0.717, 1.165) is 40.6 Å². The molecule has 0 N–H and O–H groups in total. The van der Waals surface area contributed by atoms with Gasteiger partial charge in [0.25, 0.3) is 5.56 Å². The summed E-state index contributed by atoms with van der Waals surface area (Å²) in [6.45, 7) is 1.53. The van der Waals surface area contributed by atoms with Gasteiger partial charge in [-0.1, -0.05) is 24.3 Å². The fraction of sp³-hybridized carbons (Fsp3) is 0.172. The lowest BCUT2D eigenvalue weighted by Gasteiger charge is -2.21. The van der Waals surface area contributed by atoms with E-state index >= 15 is 4.39 Å². The molecule has 10 heteroatoms. The van der Waals surface area contributed by atoms with Gasteiger partial charge in [-0.3, -0.25) is 14.2 Å². The number of ketones is 1. The number of halogens is 5. The van der Waals surface area contributed by atoms with Crippen molar-refractivity contribution in [3.05, 3.63) is 116 Å². The van der Waals surface area contributed by atoms with Crippen molar-refractivity contribution in [3.8, 4) is 16.9 Å². The van der Waals surface area contributed by atoms with Gasteiger partial charge >= 0.3 is 0 Å². The van der Waals surface area contributed by atoms with E-state index in [1.165, 1.54) is 44.4 Å². The Bertz CT molecular complexity index is 1680. The topological polar surface area (TPSA) is 48.3 Å². The summed E-state index contributed by atoms with van der Waals surface area (Å²) in [5.41, 5.74) is -1.28. The Labute approximate surface area is 224 Å². The first kappa shape index (κ1) is 26.7. The maximum absolute atomic E-state index is 15.4. The predicted octanol–water partition coefficient (Wildman–Crippen LogP) is 6.65. The van der Waals surface area contributed by atoms with Gasteiger partial charge in [0, 0.05) is 23.3 Å². The molecule has 1 aliphatic heterocycles. The van der Waals surface area contributed by atoms with Crippen LogP contribution in [0.1, 0.15) is 33.1 Å². The predicted molar refractivity (Wildman–Crippen MR) is 137 cm³/mol. The summed E-state index contributed by atoms with van der Waals surface area (Å²) in [6, 6.07) is 9.48. The zero-order chi connectivity index (χ0) is 28.0. The van der Waals surface area contributed by atoms with Crippen molar-refractivity contribution in [2.24, 2.45) is 0 Å². The first-order valence-corrected chi connectivity index (χ1v) is 12.8. The zero-order valence-corrected chi connectivity index (χ0v) is 21.5. The molecule has 0 saturated heterocycles. The van der Waals surface area contributed by atoms with Gasteiger partial charge in [-0.2, -0.15) is 0 Å². The van der Waals surface area contributed by atoms with Gasteiger partial charge in [0.2, 0.25) is 0 Å². The molecule has 0 spiro atoms. The van der Waals surface area contributed by atoms with Crippen LogP contribution < -0.4 is 10.3 Å². The van der Waals surface area contributed by atoms with Crippen LogP contribution in [-0.2, 0) is 6.42 Å². The van der Waals surface area contributed by atoms with Gasteiger partial charge in [-0.15, -0.1) is 11.8 Å². The number of Topliss-reactive ketones (excluding diaryl/α,β-unsaturated/α-hetero) is 1. The summed E-state index contributed by atoms with van der Waals surface area (Å²) < 4.78 is 79.4. The third-order valence-corrected chi connectivity index (χ3v) is 8.01. The molecule has 3 aromatic carbocycles. The number of methoxy groups -OCH3 is 1. The highest BCUT2D eigenvalue weighted by Gasteiger charge is 2.37. The Kier molecular flexibility index (Phi) is 7.07. The quantitative estimate of drug-likeness (QED) is 0.197. The van der Waals surface area contributed by atoms with E-state index in [9.17, 15) is 27.2 Å². The number of hydrogen-bond donors (Lipinski definition) is 0. The zero-order valence-electron chi connectivity index (χ0n) is 20.7. The molecule has 4 aromatic rings. The van der Waals surface area contributed by atoms with Gasteiger partial charge in [0.05, 0.1) is 23.3 Å². The lowest BCUT2D eigenvalue weighted by atomic mass is 9.93. The van der Waals surface area contributed by atoms with Crippen LogP contribution in [0.3, 0.4) is 0 Å². The highest BCUT2D eigenvalue weighted by atomic mass is 32.2. The van der Waals surface area contributed by atoms with Crippen LogP contribution in [0, 0.1) is 36.0 Å². The second-order valence-electron chi connectivity index (χ2n) is 8.95. The fourth-order valence-electron chi connectivity index (χ4n) is 4.83. The minimum Gasteiger partial charge on any atom is -0.494 e. The number of aromatic nitrogens is 1. The number of pyridine rings is 1. The van der Waals surface area contributed by atoms with E-state index in [1.54, 1.807) is 0 Å². The van der Waals surface area contributed by atoms with Crippen LogP contribution in [0.4, 0.5) is 22.0 Å². The van der Waals surface area contributed by atoms with Crippen molar-refractivity contribution in [1.29, 1.82) is 0 Å². The summed E-state index contributed by atoms with van der Waals surface area (Å²) in [6.07, 6.45) is -0.305. The molecule has 5 rings (SSSR count). The number of rotatable bonds is 6. The normalized spacial score (nSPS) is 14.4. The Balaban J connectivity index is 1.79. The molecule has 200 valence electrons. The molecule has 0 saturated carbocycles. The molecule has 39 heavy (non-hydrogen) atoms. The smallest absolute Gasteiger partial charge is 0.260 e. The van der Waals surface area contributed by atoms with Crippen LogP contribution >= 0.6 is 11.8 Å². The van der Waals surface area contributed by atoms with Crippen molar-refractivity contribution >= 4 is 17.5 Å². The Morgan fingerprint density at radius 1 is 0.923 bits per heavy atom. The highest BCUT2D eigenvalue weighted by molar-refractivity contribution is 7.99. The van der Waals surface area contributed by atoms with E-state index in [0.29, 0.717) is 5.56 Å². The molecule has 4 nitrogen and oxygen atoms in total. The van der Waals surface area contributed by atoms with Crippen LogP contribution in [0.5, 0.6) is 5.75 Å². The second kappa shape index (κ2) is 10.3.